The monoisotopic (exact) mass is 322 g/mol. The Bertz CT molecular complexity index is 647. The topological polar surface area (TPSA) is 43.2 Å². The quantitative estimate of drug-likeness (QED) is 0.867. The Morgan fingerprint density at radius 3 is 1.38 bits per heavy atom. The molecule has 0 radical (unpaired) electrons. The Morgan fingerprint density at radius 1 is 0.667 bits per heavy atom. The minimum Gasteiger partial charge on any atom is -0.483 e. The molecule has 0 fully saturated rings. The summed E-state index contributed by atoms with van der Waals surface area (Å²) in [5.41, 5.74) is 2.40. The van der Waals surface area contributed by atoms with Crippen LogP contribution in [0.3, 0.4) is 0 Å². The van der Waals surface area contributed by atoms with Gasteiger partial charge in [0.25, 0.3) is 0 Å². The molecule has 1 aliphatic rings. The molecule has 1 heterocycles. The molecule has 4 nitrogen and oxygen atoms in total. The molecule has 0 bridgehead atoms. The van der Waals surface area contributed by atoms with Gasteiger partial charge in [0.15, 0.2) is 0 Å². The Hall–Kier alpha value is -2.62. The largest absolute Gasteiger partial charge is 0.483 e. The maximum absolute atomic E-state index is 5.52. The highest BCUT2D eigenvalue weighted by atomic mass is 16.5. The Morgan fingerprint density at radius 2 is 1.04 bits per heavy atom. The standard InChI is InChI=1S/C20H22N2O2/c1-23-19-17(13-15-9-5-3-6-10-15)22-20(24-2)18(21-19)14-16-11-7-4-8-12-16/h3-12,17-18H,13-14H2,1-2H3/t17-,18-/m0/s1. The van der Waals surface area contributed by atoms with Crippen molar-refractivity contribution in [1.82, 2.24) is 0 Å². The number of hydrogen-bond donors (Lipinski definition) is 0. The zero-order chi connectivity index (χ0) is 16.8. The van der Waals surface area contributed by atoms with Crippen LogP contribution >= 0.6 is 0 Å². The summed E-state index contributed by atoms with van der Waals surface area (Å²) in [6, 6.07) is 20.2. The molecule has 124 valence electrons. The van der Waals surface area contributed by atoms with Crippen molar-refractivity contribution >= 4 is 11.8 Å². The molecule has 2 aromatic rings. The van der Waals surface area contributed by atoms with Crippen molar-refractivity contribution in [3.63, 3.8) is 0 Å². The first kappa shape index (κ1) is 16.2. The lowest BCUT2D eigenvalue weighted by atomic mass is 10.0. The van der Waals surface area contributed by atoms with E-state index in [1.807, 2.05) is 36.4 Å². The summed E-state index contributed by atoms with van der Waals surface area (Å²) in [6.07, 6.45) is 1.50. The molecule has 2 aromatic carbocycles. The average molecular weight is 322 g/mol. The Kier molecular flexibility index (Phi) is 5.26. The molecule has 1 aliphatic heterocycles. The van der Waals surface area contributed by atoms with Gasteiger partial charge in [-0.3, -0.25) is 0 Å². The lowest BCUT2D eigenvalue weighted by Gasteiger charge is -2.25. The molecule has 0 unspecified atom stereocenters. The van der Waals surface area contributed by atoms with E-state index in [1.165, 1.54) is 11.1 Å². The molecule has 0 saturated carbocycles. The molecule has 0 aliphatic carbocycles. The lowest BCUT2D eigenvalue weighted by molar-refractivity contribution is 0.346. The van der Waals surface area contributed by atoms with Gasteiger partial charge in [0, 0.05) is 12.8 Å². The van der Waals surface area contributed by atoms with Crippen molar-refractivity contribution in [3.05, 3.63) is 71.8 Å². The lowest BCUT2D eigenvalue weighted by Crippen LogP contribution is -2.37. The number of methoxy groups -OCH3 is 2. The Labute approximate surface area is 142 Å². The van der Waals surface area contributed by atoms with Gasteiger partial charge in [-0.15, -0.1) is 0 Å². The first-order valence-electron chi connectivity index (χ1n) is 8.11. The van der Waals surface area contributed by atoms with Crippen LogP contribution in [-0.2, 0) is 22.3 Å². The second kappa shape index (κ2) is 7.77. The molecule has 0 aromatic heterocycles. The summed E-state index contributed by atoms with van der Waals surface area (Å²) in [5, 5.41) is 0. The predicted molar refractivity (Wildman–Crippen MR) is 96.8 cm³/mol. The first-order chi connectivity index (χ1) is 11.8. The molecular weight excluding hydrogens is 300 g/mol. The first-order valence-corrected chi connectivity index (χ1v) is 8.11. The minimum atomic E-state index is -0.139. The predicted octanol–water partition coefficient (Wildman–Crippen LogP) is 3.31. The summed E-state index contributed by atoms with van der Waals surface area (Å²) in [5.74, 6) is 1.33. The van der Waals surface area contributed by atoms with Gasteiger partial charge in [-0.25, -0.2) is 9.98 Å². The van der Waals surface area contributed by atoms with Crippen LogP contribution in [0.1, 0.15) is 11.1 Å². The maximum atomic E-state index is 5.52. The van der Waals surface area contributed by atoms with Crippen LogP contribution in [0.2, 0.25) is 0 Å². The van der Waals surface area contributed by atoms with E-state index in [2.05, 4.69) is 24.3 Å². The van der Waals surface area contributed by atoms with Gasteiger partial charge in [0.1, 0.15) is 12.1 Å². The van der Waals surface area contributed by atoms with E-state index in [0.717, 1.165) is 12.8 Å². The van der Waals surface area contributed by atoms with Crippen LogP contribution in [0.25, 0.3) is 0 Å². The van der Waals surface area contributed by atoms with E-state index in [-0.39, 0.29) is 12.1 Å². The smallest absolute Gasteiger partial charge is 0.209 e. The fourth-order valence-corrected chi connectivity index (χ4v) is 2.91. The zero-order valence-electron chi connectivity index (χ0n) is 14.1. The highest BCUT2D eigenvalue weighted by Crippen LogP contribution is 2.18. The molecule has 0 saturated heterocycles. The maximum Gasteiger partial charge on any atom is 0.209 e. The SMILES string of the molecule is COC1=N[C@@H](Cc2ccccc2)C(OC)=N[C@H]1Cc1ccccc1. The summed E-state index contributed by atoms with van der Waals surface area (Å²) < 4.78 is 11.0. The summed E-state index contributed by atoms with van der Waals surface area (Å²) in [6.45, 7) is 0. The fourth-order valence-electron chi connectivity index (χ4n) is 2.91. The van der Waals surface area contributed by atoms with Gasteiger partial charge in [-0.2, -0.15) is 0 Å². The highest BCUT2D eigenvalue weighted by Gasteiger charge is 2.29. The normalized spacial score (nSPS) is 20.1. The molecule has 2 atom stereocenters. The van der Waals surface area contributed by atoms with E-state index in [1.54, 1.807) is 14.2 Å². The molecule has 0 N–H and O–H groups in total. The number of hydrogen-bond acceptors (Lipinski definition) is 4. The molecule has 0 spiro atoms. The van der Waals surface area contributed by atoms with Gasteiger partial charge < -0.3 is 9.47 Å². The number of nitrogens with zero attached hydrogens (tertiary/aromatic N) is 2. The van der Waals surface area contributed by atoms with E-state index < -0.39 is 0 Å². The third-order valence-electron chi connectivity index (χ3n) is 4.10. The fraction of sp³-hybridized carbons (Fsp3) is 0.300. The van der Waals surface area contributed by atoms with Crippen LogP contribution < -0.4 is 0 Å². The van der Waals surface area contributed by atoms with Crippen LogP contribution in [0.4, 0.5) is 0 Å². The van der Waals surface area contributed by atoms with Crippen molar-refractivity contribution < 1.29 is 9.47 Å². The molecule has 4 heteroatoms. The average Bonchev–Trinajstić information content (AvgIpc) is 2.64. The summed E-state index contributed by atoms with van der Waals surface area (Å²) in [4.78, 5) is 9.53. The van der Waals surface area contributed by atoms with E-state index in [9.17, 15) is 0 Å². The van der Waals surface area contributed by atoms with E-state index >= 15 is 0 Å². The van der Waals surface area contributed by atoms with Crippen molar-refractivity contribution in [1.29, 1.82) is 0 Å². The van der Waals surface area contributed by atoms with Gasteiger partial charge in [0.05, 0.1) is 14.2 Å². The number of ether oxygens (including phenoxy) is 2. The van der Waals surface area contributed by atoms with Gasteiger partial charge >= 0.3 is 0 Å². The second-order valence-corrected chi connectivity index (χ2v) is 5.75. The van der Waals surface area contributed by atoms with Gasteiger partial charge in [-0.05, 0) is 11.1 Å². The molecule has 0 amide bonds. The number of benzene rings is 2. The number of aliphatic imine (C=N–C) groups is 2. The van der Waals surface area contributed by atoms with Crippen LogP contribution in [-0.4, -0.2) is 38.1 Å². The van der Waals surface area contributed by atoms with Crippen molar-refractivity contribution in [3.8, 4) is 0 Å². The summed E-state index contributed by atoms with van der Waals surface area (Å²) >= 11 is 0. The second-order valence-electron chi connectivity index (χ2n) is 5.75. The third-order valence-corrected chi connectivity index (χ3v) is 4.10. The van der Waals surface area contributed by atoms with Gasteiger partial charge in [-0.1, -0.05) is 60.7 Å². The molecule has 24 heavy (non-hydrogen) atoms. The van der Waals surface area contributed by atoms with E-state index in [4.69, 9.17) is 19.5 Å². The third kappa shape index (κ3) is 3.82. The highest BCUT2D eigenvalue weighted by molar-refractivity contribution is 5.94. The molecule has 3 rings (SSSR count). The van der Waals surface area contributed by atoms with Crippen molar-refractivity contribution in [2.24, 2.45) is 9.98 Å². The minimum absolute atomic E-state index is 0.139. The molecular formula is C20H22N2O2. The van der Waals surface area contributed by atoms with Crippen LogP contribution in [0, 0.1) is 0 Å². The van der Waals surface area contributed by atoms with Crippen LogP contribution in [0.5, 0.6) is 0 Å². The van der Waals surface area contributed by atoms with E-state index in [0.29, 0.717) is 11.8 Å². The zero-order valence-corrected chi connectivity index (χ0v) is 14.1. The van der Waals surface area contributed by atoms with Crippen molar-refractivity contribution in [2.75, 3.05) is 14.2 Å². The van der Waals surface area contributed by atoms with Gasteiger partial charge in [0.2, 0.25) is 11.8 Å². The Balaban J connectivity index is 1.81. The summed E-state index contributed by atoms with van der Waals surface area (Å²) in [7, 11) is 3.31. The van der Waals surface area contributed by atoms with Crippen molar-refractivity contribution in [2.45, 2.75) is 24.9 Å². The number of rotatable bonds is 4. The van der Waals surface area contributed by atoms with Crippen LogP contribution in [0.15, 0.2) is 70.6 Å².